The lowest BCUT2D eigenvalue weighted by Crippen LogP contribution is -2.25. The zero-order chi connectivity index (χ0) is 18.8. The van der Waals surface area contributed by atoms with Crippen molar-refractivity contribution in [1.29, 1.82) is 0 Å². The zero-order valence-electron chi connectivity index (χ0n) is 15.3. The van der Waals surface area contributed by atoms with E-state index in [0.717, 1.165) is 28.2 Å². The van der Waals surface area contributed by atoms with Gasteiger partial charge < -0.3 is 9.73 Å². The highest BCUT2D eigenvalue weighted by atomic mass is 16.3. The number of nitrogens with zero attached hydrogens (tertiary/aromatic N) is 3. The van der Waals surface area contributed by atoms with Crippen molar-refractivity contribution in [2.24, 2.45) is 0 Å². The Balaban J connectivity index is 1.44. The Bertz CT molecular complexity index is 1060. The number of aryl methyl sites for hydroxylation is 1. The first-order valence-electron chi connectivity index (χ1n) is 8.87. The van der Waals surface area contributed by atoms with Crippen molar-refractivity contribution >= 4 is 16.9 Å². The summed E-state index contributed by atoms with van der Waals surface area (Å²) in [6.45, 7) is 4.50. The Kier molecular flexibility index (Phi) is 4.46. The first-order valence-corrected chi connectivity index (χ1v) is 8.87. The van der Waals surface area contributed by atoms with Gasteiger partial charge in [0.1, 0.15) is 5.58 Å². The molecule has 1 aromatic carbocycles. The molecule has 1 N–H and O–H groups in total. The third-order valence-corrected chi connectivity index (χ3v) is 4.62. The van der Waals surface area contributed by atoms with Gasteiger partial charge in [0.25, 0.3) is 5.91 Å². The number of amides is 1. The van der Waals surface area contributed by atoms with E-state index in [9.17, 15) is 4.79 Å². The quantitative estimate of drug-likeness (QED) is 0.590. The molecule has 0 aliphatic rings. The van der Waals surface area contributed by atoms with E-state index in [0.29, 0.717) is 24.3 Å². The minimum Gasteiger partial charge on any atom is -0.451 e. The molecule has 0 unspecified atom stereocenters. The van der Waals surface area contributed by atoms with Crippen LogP contribution in [0.1, 0.15) is 27.5 Å². The predicted molar refractivity (Wildman–Crippen MR) is 103 cm³/mol. The van der Waals surface area contributed by atoms with E-state index in [1.54, 1.807) is 12.3 Å². The highest BCUT2D eigenvalue weighted by Crippen LogP contribution is 2.19. The van der Waals surface area contributed by atoms with Crippen molar-refractivity contribution in [3.63, 3.8) is 0 Å². The molecule has 4 aromatic rings. The van der Waals surface area contributed by atoms with Crippen LogP contribution >= 0.6 is 0 Å². The lowest BCUT2D eigenvalue weighted by Gasteiger charge is -2.05. The molecule has 136 valence electrons. The standard InChI is InChI=1S/C21H20N4O2/c1-14-17(15(2)25(24-14)20-9-5-6-11-22-20)10-12-23-21(26)19-13-16-7-3-4-8-18(16)27-19/h3-9,11,13H,10,12H2,1-2H3,(H,23,26). The molecule has 0 aliphatic heterocycles. The second-order valence-electron chi connectivity index (χ2n) is 6.40. The van der Waals surface area contributed by atoms with Crippen molar-refractivity contribution in [1.82, 2.24) is 20.1 Å². The van der Waals surface area contributed by atoms with Crippen molar-refractivity contribution in [3.05, 3.63) is 77.4 Å². The summed E-state index contributed by atoms with van der Waals surface area (Å²) in [7, 11) is 0. The number of fused-ring (bicyclic) bond motifs is 1. The van der Waals surface area contributed by atoms with Crippen LogP contribution in [-0.4, -0.2) is 27.2 Å². The van der Waals surface area contributed by atoms with E-state index in [-0.39, 0.29) is 5.91 Å². The van der Waals surface area contributed by atoms with Crippen LogP contribution in [0.5, 0.6) is 0 Å². The first kappa shape index (κ1) is 17.0. The topological polar surface area (TPSA) is 73.0 Å². The van der Waals surface area contributed by atoms with Crippen LogP contribution < -0.4 is 5.32 Å². The lowest BCUT2D eigenvalue weighted by molar-refractivity contribution is 0.0928. The predicted octanol–water partition coefficient (Wildman–Crippen LogP) is 3.60. The molecular formula is C21H20N4O2. The van der Waals surface area contributed by atoms with E-state index in [1.165, 1.54) is 0 Å². The number of para-hydroxylation sites is 1. The van der Waals surface area contributed by atoms with Crippen molar-refractivity contribution < 1.29 is 9.21 Å². The number of nitrogens with one attached hydrogen (secondary N) is 1. The summed E-state index contributed by atoms with van der Waals surface area (Å²) in [5, 5.41) is 8.44. The highest BCUT2D eigenvalue weighted by Gasteiger charge is 2.15. The summed E-state index contributed by atoms with van der Waals surface area (Å²) in [6, 6.07) is 15.1. The van der Waals surface area contributed by atoms with Crippen LogP contribution in [0.4, 0.5) is 0 Å². The number of pyridine rings is 1. The maximum absolute atomic E-state index is 12.4. The van der Waals surface area contributed by atoms with E-state index < -0.39 is 0 Å². The van der Waals surface area contributed by atoms with Crippen molar-refractivity contribution in [2.75, 3.05) is 6.54 Å². The van der Waals surface area contributed by atoms with Gasteiger partial charge in [-0.2, -0.15) is 5.10 Å². The summed E-state index contributed by atoms with van der Waals surface area (Å²) in [4.78, 5) is 16.7. The van der Waals surface area contributed by atoms with Gasteiger partial charge in [-0.1, -0.05) is 24.3 Å². The van der Waals surface area contributed by atoms with Crippen LogP contribution in [-0.2, 0) is 6.42 Å². The van der Waals surface area contributed by atoms with Gasteiger partial charge in [-0.15, -0.1) is 0 Å². The van der Waals surface area contributed by atoms with Gasteiger partial charge in [0.15, 0.2) is 11.6 Å². The molecule has 0 fully saturated rings. The average Bonchev–Trinajstić information content (AvgIpc) is 3.24. The van der Waals surface area contributed by atoms with Gasteiger partial charge in [-0.25, -0.2) is 9.67 Å². The molecule has 0 spiro atoms. The maximum atomic E-state index is 12.4. The number of furan rings is 1. The van der Waals surface area contributed by atoms with Gasteiger partial charge in [-0.05, 0) is 50.1 Å². The molecule has 4 rings (SSSR count). The second kappa shape index (κ2) is 7.07. The molecule has 0 bridgehead atoms. The summed E-state index contributed by atoms with van der Waals surface area (Å²) in [5.41, 5.74) is 3.80. The van der Waals surface area contributed by atoms with E-state index >= 15 is 0 Å². The fourth-order valence-electron chi connectivity index (χ4n) is 3.22. The minimum absolute atomic E-state index is 0.210. The molecule has 0 aliphatic carbocycles. The van der Waals surface area contributed by atoms with Gasteiger partial charge in [0.05, 0.1) is 5.69 Å². The summed E-state index contributed by atoms with van der Waals surface area (Å²) >= 11 is 0. The van der Waals surface area contributed by atoms with Crippen LogP contribution in [0.25, 0.3) is 16.8 Å². The normalized spacial score (nSPS) is 11.0. The van der Waals surface area contributed by atoms with Crippen LogP contribution in [0.3, 0.4) is 0 Å². The number of hydrogen-bond donors (Lipinski definition) is 1. The largest absolute Gasteiger partial charge is 0.451 e. The lowest BCUT2D eigenvalue weighted by atomic mass is 10.1. The third kappa shape index (κ3) is 3.33. The van der Waals surface area contributed by atoms with Crippen molar-refractivity contribution in [3.8, 4) is 5.82 Å². The van der Waals surface area contributed by atoms with E-state index in [2.05, 4.69) is 15.4 Å². The average molecular weight is 360 g/mol. The molecule has 3 aromatic heterocycles. The molecule has 0 saturated heterocycles. The molecule has 6 nitrogen and oxygen atoms in total. The Morgan fingerprint density at radius 2 is 1.96 bits per heavy atom. The molecule has 0 radical (unpaired) electrons. The number of carbonyl (C=O) groups is 1. The molecule has 6 heteroatoms. The monoisotopic (exact) mass is 360 g/mol. The van der Waals surface area contributed by atoms with Crippen LogP contribution in [0.2, 0.25) is 0 Å². The Hall–Kier alpha value is -3.41. The number of carbonyl (C=O) groups excluding carboxylic acids is 1. The van der Waals surface area contributed by atoms with Gasteiger partial charge in [0.2, 0.25) is 0 Å². The molecule has 27 heavy (non-hydrogen) atoms. The fourth-order valence-corrected chi connectivity index (χ4v) is 3.22. The molecular weight excluding hydrogens is 340 g/mol. The fraction of sp³-hybridized carbons (Fsp3) is 0.190. The SMILES string of the molecule is Cc1nn(-c2ccccn2)c(C)c1CCNC(=O)c1cc2ccccc2o1. The Morgan fingerprint density at radius 1 is 1.15 bits per heavy atom. The Labute approximate surface area is 156 Å². The molecule has 0 saturated carbocycles. The minimum atomic E-state index is -0.210. The number of hydrogen-bond acceptors (Lipinski definition) is 4. The van der Waals surface area contributed by atoms with Gasteiger partial charge in [0, 0.05) is 23.8 Å². The van der Waals surface area contributed by atoms with Crippen LogP contribution in [0, 0.1) is 13.8 Å². The Morgan fingerprint density at radius 3 is 2.74 bits per heavy atom. The second-order valence-corrected chi connectivity index (χ2v) is 6.40. The zero-order valence-corrected chi connectivity index (χ0v) is 15.3. The summed E-state index contributed by atoms with van der Waals surface area (Å²) in [6.07, 6.45) is 2.44. The summed E-state index contributed by atoms with van der Waals surface area (Å²) in [5.74, 6) is 0.906. The van der Waals surface area contributed by atoms with Gasteiger partial charge in [-0.3, -0.25) is 4.79 Å². The number of rotatable bonds is 5. The molecule has 3 heterocycles. The first-order chi connectivity index (χ1) is 13.1. The number of aromatic nitrogens is 3. The highest BCUT2D eigenvalue weighted by molar-refractivity contribution is 5.96. The van der Waals surface area contributed by atoms with E-state index in [4.69, 9.17) is 4.42 Å². The maximum Gasteiger partial charge on any atom is 0.287 e. The third-order valence-electron chi connectivity index (χ3n) is 4.62. The number of benzene rings is 1. The van der Waals surface area contributed by atoms with Crippen LogP contribution in [0.15, 0.2) is 59.1 Å². The summed E-state index contributed by atoms with van der Waals surface area (Å²) < 4.78 is 7.44. The van der Waals surface area contributed by atoms with Crippen molar-refractivity contribution in [2.45, 2.75) is 20.3 Å². The molecule has 1 amide bonds. The van der Waals surface area contributed by atoms with E-state index in [1.807, 2.05) is 61.0 Å². The van der Waals surface area contributed by atoms with Gasteiger partial charge >= 0.3 is 0 Å². The molecule has 0 atom stereocenters. The smallest absolute Gasteiger partial charge is 0.287 e.